The molecule has 1 aromatic carbocycles. The standard InChI is InChI=1S/C18H27NO2/c1-11-6-13(3)16(19)15(8-11)17(20)21-14-7-12(2)9-18(4,5)10-14/h6,8,12,14H,7,9-10,19H2,1-5H3. The molecule has 0 spiro atoms. The van der Waals surface area contributed by atoms with Crippen LogP contribution in [0.5, 0.6) is 0 Å². The summed E-state index contributed by atoms with van der Waals surface area (Å²) in [5, 5.41) is 0. The molecule has 0 saturated heterocycles. The van der Waals surface area contributed by atoms with E-state index in [1.807, 2.05) is 26.0 Å². The number of carbonyl (C=O) groups is 1. The van der Waals surface area contributed by atoms with Crippen LogP contribution in [0.4, 0.5) is 5.69 Å². The van der Waals surface area contributed by atoms with E-state index in [0.29, 0.717) is 17.2 Å². The molecule has 0 amide bonds. The van der Waals surface area contributed by atoms with Gasteiger partial charge in [-0.25, -0.2) is 4.79 Å². The highest BCUT2D eigenvalue weighted by Crippen LogP contribution is 2.40. The first-order chi connectivity index (χ1) is 9.68. The number of esters is 1. The van der Waals surface area contributed by atoms with Crippen LogP contribution in [0.2, 0.25) is 0 Å². The Bertz CT molecular complexity index is 548. The van der Waals surface area contributed by atoms with Crippen LogP contribution in [0.25, 0.3) is 0 Å². The summed E-state index contributed by atoms with van der Waals surface area (Å²) in [6.45, 7) is 10.6. The molecule has 3 nitrogen and oxygen atoms in total. The lowest BCUT2D eigenvalue weighted by Gasteiger charge is -2.38. The Morgan fingerprint density at radius 3 is 2.57 bits per heavy atom. The Kier molecular flexibility index (Phi) is 4.31. The molecule has 1 saturated carbocycles. The van der Waals surface area contributed by atoms with Crippen LogP contribution < -0.4 is 5.73 Å². The van der Waals surface area contributed by atoms with Gasteiger partial charge in [-0.15, -0.1) is 0 Å². The zero-order chi connectivity index (χ0) is 15.8. The normalized spacial score (nSPS) is 24.6. The molecule has 0 bridgehead atoms. The first-order valence-corrected chi connectivity index (χ1v) is 7.75. The van der Waals surface area contributed by atoms with Gasteiger partial charge in [0.15, 0.2) is 0 Å². The van der Waals surface area contributed by atoms with Gasteiger partial charge in [-0.05, 0) is 61.6 Å². The minimum Gasteiger partial charge on any atom is -0.459 e. The summed E-state index contributed by atoms with van der Waals surface area (Å²) in [7, 11) is 0. The topological polar surface area (TPSA) is 52.3 Å². The second-order valence-electron chi connectivity index (χ2n) is 7.48. The van der Waals surface area contributed by atoms with Crippen molar-refractivity contribution in [3.8, 4) is 0 Å². The molecule has 2 unspecified atom stereocenters. The monoisotopic (exact) mass is 289 g/mol. The van der Waals surface area contributed by atoms with Crippen molar-refractivity contribution < 1.29 is 9.53 Å². The minimum absolute atomic E-state index is 0.00327. The average molecular weight is 289 g/mol. The number of anilines is 1. The molecular formula is C18H27NO2. The zero-order valence-electron chi connectivity index (χ0n) is 13.8. The Labute approximate surface area is 127 Å². The van der Waals surface area contributed by atoms with Crippen LogP contribution in [0.3, 0.4) is 0 Å². The molecule has 21 heavy (non-hydrogen) atoms. The van der Waals surface area contributed by atoms with Gasteiger partial charge in [0, 0.05) is 5.69 Å². The Morgan fingerprint density at radius 1 is 1.29 bits per heavy atom. The van der Waals surface area contributed by atoms with Crippen molar-refractivity contribution >= 4 is 11.7 Å². The molecule has 1 aliphatic rings. The van der Waals surface area contributed by atoms with Crippen molar-refractivity contribution in [1.29, 1.82) is 0 Å². The van der Waals surface area contributed by atoms with Crippen molar-refractivity contribution in [2.24, 2.45) is 11.3 Å². The second kappa shape index (κ2) is 5.70. The van der Waals surface area contributed by atoms with Crippen molar-refractivity contribution in [3.05, 3.63) is 28.8 Å². The summed E-state index contributed by atoms with van der Waals surface area (Å²) >= 11 is 0. The molecule has 1 aromatic rings. The Morgan fingerprint density at radius 2 is 1.95 bits per heavy atom. The fourth-order valence-electron chi connectivity index (χ4n) is 3.71. The van der Waals surface area contributed by atoms with Crippen LogP contribution in [-0.4, -0.2) is 12.1 Å². The van der Waals surface area contributed by atoms with E-state index >= 15 is 0 Å². The lowest BCUT2D eigenvalue weighted by Crippen LogP contribution is -2.34. The molecule has 1 fully saturated rings. The maximum Gasteiger partial charge on any atom is 0.340 e. The number of ether oxygens (including phenoxy) is 1. The molecule has 116 valence electrons. The van der Waals surface area contributed by atoms with E-state index in [1.54, 1.807) is 0 Å². The molecule has 0 radical (unpaired) electrons. The largest absolute Gasteiger partial charge is 0.459 e. The van der Waals surface area contributed by atoms with Crippen molar-refractivity contribution in [3.63, 3.8) is 0 Å². The maximum atomic E-state index is 12.5. The van der Waals surface area contributed by atoms with Crippen LogP contribution >= 0.6 is 0 Å². The molecule has 0 heterocycles. The lowest BCUT2D eigenvalue weighted by molar-refractivity contribution is -0.00706. The number of benzene rings is 1. The highest BCUT2D eigenvalue weighted by atomic mass is 16.5. The van der Waals surface area contributed by atoms with Gasteiger partial charge in [-0.2, -0.15) is 0 Å². The van der Waals surface area contributed by atoms with Gasteiger partial charge >= 0.3 is 5.97 Å². The first kappa shape index (κ1) is 15.9. The minimum atomic E-state index is -0.283. The fraction of sp³-hybridized carbons (Fsp3) is 0.611. The number of hydrogen-bond donors (Lipinski definition) is 1. The third-order valence-electron chi connectivity index (χ3n) is 4.37. The van der Waals surface area contributed by atoms with Gasteiger partial charge in [0.1, 0.15) is 6.10 Å². The van der Waals surface area contributed by atoms with E-state index in [2.05, 4.69) is 20.8 Å². The van der Waals surface area contributed by atoms with Crippen LogP contribution in [-0.2, 0) is 4.74 Å². The molecule has 2 atom stereocenters. The van der Waals surface area contributed by atoms with E-state index in [4.69, 9.17) is 10.5 Å². The SMILES string of the molecule is Cc1cc(C)c(N)c(C(=O)OC2CC(C)CC(C)(C)C2)c1. The Balaban J connectivity index is 2.15. The molecule has 3 heteroatoms. The van der Waals surface area contributed by atoms with Crippen LogP contribution in [0.15, 0.2) is 12.1 Å². The van der Waals surface area contributed by atoms with Gasteiger partial charge in [-0.3, -0.25) is 0 Å². The summed E-state index contributed by atoms with van der Waals surface area (Å²) < 4.78 is 5.76. The maximum absolute atomic E-state index is 12.5. The molecule has 1 aliphatic carbocycles. The van der Waals surface area contributed by atoms with Gasteiger partial charge in [-0.1, -0.05) is 26.8 Å². The summed E-state index contributed by atoms with van der Waals surface area (Å²) in [6, 6.07) is 3.81. The average Bonchev–Trinajstić information content (AvgIpc) is 2.30. The van der Waals surface area contributed by atoms with E-state index in [9.17, 15) is 4.79 Å². The van der Waals surface area contributed by atoms with Crippen molar-refractivity contribution in [2.45, 2.75) is 60.0 Å². The number of nitrogen functional groups attached to an aromatic ring is 1. The Hall–Kier alpha value is -1.51. The summed E-state index contributed by atoms with van der Waals surface area (Å²) in [5.41, 5.74) is 9.27. The number of carbonyl (C=O) groups excluding carboxylic acids is 1. The molecular weight excluding hydrogens is 262 g/mol. The summed E-state index contributed by atoms with van der Waals surface area (Å²) in [5.74, 6) is 0.303. The number of aryl methyl sites for hydroxylation is 2. The van der Waals surface area contributed by atoms with Gasteiger partial charge < -0.3 is 10.5 Å². The molecule has 2 rings (SSSR count). The van der Waals surface area contributed by atoms with E-state index in [0.717, 1.165) is 24.0 Å². The number of rotatable bonds is 2. The quantitative estimate of drug-likeness (QED) is 0.654. The van der Waals surface area contributed by atoms with E-state index in [1.165, 1.54) is 6.42 Å². The van der Waals surface area contributed by atoms with E-state index < -0.39 is 0 Å². The molecule has 0 aromatic heterocycles. The zero-order valence-corrected chi connectivity index (χ0v) is 13.8. The predicted octanol–water partition coefficient (Wildman–Crippen LogP) is 4.26. The van der Waals surface area contributed by atoms with E-state index in [-0.39, 0.29) is 17.5 Å². The highest BCUT2D eigenvalue weighted by molar-refractivity contribution is 5.96. The third-order valence-corrected chi connectivity index (χ3v) is 4.37. The van der Waals surface area contributed by atoms with Gasteiger partial charge in [0.2, 0.25) is 0 Å². The number of nitrogens with two attached hydrogens (primary N) is 1. The van der Waals surface area contributed by atoms with Crippen molar-refractivity contribution in [2.75, 3.05) is 5.73 Å². The third kappa shape index (κ3) is 3.78. The van der Waals surface area contributed by atoms with Gasteiger partial charge in [0.25, 0.3) is 0 Å². The van der Waals surface area contributed by atoms with Crippen LogP contribution in [0.1, 0.15) is 61.5 Å². The summed E-state index contributed by atoms with van der Waals surface area (Å²) in [4.78, 5) is 12.5. The molecule has 0 aliphatic heterocycles. The fourth-order valence-corrected chi connectivity index (χ4v) is 3.71. The first-order valence-electron chi connectivity index (χ1n) is 7.75. The van der Waals surface area contributed by atoms with Crippen molar-refractivity contribution in [1.82, 2.24) is 0 Å². The van der Waals surface area contributed by atoms with Gasteiger partial charge in [0.05, 0.1) is 5.56 Å². The van der Waals surface area contributed by atoms with Crippen LogP contribution in [0, 0.1) is 25.2 Å². The highest BCUT2D eigenvalue weighted by Gasteiger charge is 2.34. The number of hydrogen-bond acceptors (Lipinski definition) is 3. The lowest BCUT2D eigenvalue weighted by atomic mass is 9.71. The smallest absolute Gasteiger partial charge is 0.340 e. The second-order valence-corrected chi connectivity index (χ2v) is 7.48. The molecule has 2 N–H and O–H groups in total. The summed E-state index contributed by atoms with van der Waals surface area (Å²) in [6.07, 6.45) is 3.05. The predicted molar refractivity (Wildman–Crippen MR) is 86.3 cm³/mol.